The minimum absolute atomic E-state index is 0.434. The maximum atomic E-state index is 3.76. The second kappa shape index (κ2) is 5.61. The van der Waals surface area contributed by atoms with Crippen LogP contribution >= 0.6 is 15.9 Å². The molecule has 0 amide bonds. The third-order valence-corrected chi connectivity index (χ3v) is 4.53. The zero-order valence-electron chi connectivity index (χ0n) is 12.0. The molecule has 0 spiro atoms. The van der Waals surface area contributed by atoms with Crippen molar-refractivity contribution in [2.75, 3.05) is 5.32 Å². The van der Waals surface area contributed by atoms with Crippen LogP contribution in [0, 0.1) is 19.8 Å². The van der Waals surface area contributed by atoms with Crippen LogP contribution in [-0.4, -0.2) is 0 Å². The lowest BCUT2D eigenvalue weighted by atomic mass is 10.00. The molecule has 1 nitrogen and oxygen atoms in total. The van der Waals surface area contributed by atoms with Crippen LogP contribution in [0.5, 0.6) is 0 Å². The van der Waals surface area contributed by atoms with E-state index < -0.39 is 0 Å². The lowest BCUT2D eigenvalue weighted by Gasteiger charge is -2.22. The number of rotatable bonds is 4. The van der Waals surface area contributed by atoms with E-state index in [2.05, 4.69) is 77.6 Å². The minimum atomic E-state index is 0.434. The van der Waals surface area contributed by atoms with Crippen LogP contribution in [0.2, 0.25) is 0 Å². The van der Waals surface area contributed by atoms with Gasteiger partial charge >= 0.3 is 0 Å². The average Bonchev–Trinajstić information content (AvgIpc) is 3.25. The van der Waals surface area contributed by atoms with Crippen molar-refractivity contribution in [3.05, 3.63) is 63.6 Å². The molecule has 0 saturated heterocycles. The predicted molar refractivity (Wildman–Crippen MR) is 89.1 cm³/mol. The fourth-order valence-corrected chi connectivity index (χ4v) is 2.96. The Bertz CT molecular complexity index is 599. The van der Waals surface area contributed by atoms with Gasteiger partial charge in [-0.15, -0.1) is 0 Å². The van der Waals surface area contributed by atoms with Crippen molar-refractivity contribution in [3.63, 3.8) is 0 Å². The number of hydrogen-bond acceptors (Lipinski definition) is 1. The molecule has 0 heterocycles. The molecule has 1 N–H and O–H groups in total. The zero-order valence-corrected chi connectivity index (χ0v) is 13.6. The van der Waals surface area contributed by atoms with Crippen LogP contribution in [0.3, 0.4) is 0 Å². The molecule has 1 aliphatic carbocycles. The standard InChI is InChI=1S/C18H20BrN/c1-12-3-6-14(7-4-12)18(15-8-9-15)20-17-11-16(19)10-5-13(17)2/h3-7,10-11,15,18,20H,8-9H2,1-2H3. The third kappa shape index (κ3) is 3.06. The molecule has 0 aliphatic heterocycles. The average molecular weight is 330 g/mol. The van der Waals surface area contributed by atoms with Crippen LogP contribution < -0.4 is 5.32 Å². The van der Waals surface area contributed by atoms with E-state index in [1.54, 1.807) is 0 Å². The lowest BCUT2D eigenvalue weighted by molar-refractivity contribution is 0.678. The number of aryl methyl sites for hydroxylation is 2. The molecule has 2 aromatic carbocycles. The molecular formula is C18H20BrN. The van der Waals surface area contributed by atoms with E-state index in [-0.39, 0.29) is 0 Å². The summed E-state index contributed by atoms with van der Waals surface area (Å²) < 4.78 is 1.13. The summed E-state index contributed by atoms with van der Waals surface area (Å²) in [6, 6.07) is 15.8. The molecule has 0 aromatic heterocycles. The highest BCUT2D eigenvalue weighted by Gasteiger charge is 2.32. The normalized spacial score (nSPS) is 15.9. The van der Waals surface area contributed by atoms with Gasteiger partial charge in [0.25, 0.3) is 0 Å². The van der Waals surface area contributed by atoms with E-state index in [4.69, 9.17) is 0 Å². The largest absolute Gasteiger partial charge is 0.378 e. The van der Waals surface area contributed by atoms with Gasteiger partial charge in [-0.3, -0.25) is 0 Å². The smallest absolute Gasteiger partial charge is 0.0542 e. The maximum absolute atomic E-state index is 3.76. The van der Waals surface area contributed by atoms with Crippen LogP contribution in [0.1, 0.15) is 35.6 Å². The van der Waals surface area contributed by atoms with Gasteiger partial charge in [0.1, 0.15) is 0 Å². The van der Waals surface area contributed by atoms with Crippen molar-refractivity contribution in [2.24, 2.45) is 5.92 Å². The second-order valence-electron chi connectivity index (χ2n) is 5.83. The van der Waals surface area contributed by atoms with Crippen LogP contribution in [-0.2, 0) is 0 Å². The molecule has 2 heteroatoms. The van der Waals surface area contributed by atoms with Crippen molar-refractivity contribution in [3.8, 4) is 0 Å². The number of hydrogen-bond donors (Lipinski definition) is 1. The number of benzene rings is 2. The van der Waals surface area contributed by atoms with Gasteiger partial charge in [-0.05, 0) is 55.9 Å². The monoisotopic (exact) mass is 329 g/mol. The van der Waals surface area contributed by atoms with E-state index in [0.717, 1.165) is 10.4 Å². The van der Waals surface area contributed by atoms with Gasteiger partial charge in [0.2, 0.25) is 0 Å². The molecule has 104 valence electrons. The van der Waals surface area contributed by atoms with Gasteiger partial charge in [-0.1, -0.05) is 51.8 Å². The maximum Gasteiger partial charge on any atom is 0.0542 e. The van der Waals surface area contributed by atoms with Crippen molar-refractivity contribution >= 4 is 21.6 Å². The topological polar surface area (TPSA) is 12.0 Å². The molecule has 1 fully saturated rings. The quantitative estimate of drug-likeness (QED) is 0.766. The predicted octanol–water partition coefficient (Wildman–Crippen LogP) is 5.63. The van der Waals surface area contributed by atoms with Crippen LogP contribution in [0.25, 0.3) is 0 Å². The Morgan fingerprint density at radius 1 is 1.05 bits per heavy atom. The summed E-state index contributed by atoms with van der Waals surface area (Å²) in [6.07, 6.45) is 2.66. The highest BCUT2D eigenvalue weighted by Crippen LogP contribution is 2.43. The SMILES string of the molecule is Cc1ccc(C(Nc2cc(Br)ccc2C)C2CC2)cc1. The highest BCUT2D eigenvalue weighted by molar-refractivity contribution is 9.10. The molecule has 20 heavy (non-hydrogen) atoms. The van der Waals surface area contributed by atoms with E-state index in [0.29, 0.717) is 6.04 Å². The van der Waals surface area contributed by atoms with Crippen molar-refractivity contribution in [1.29, 1.82) is 0 Å². The summed E-state index contributed by atoms with van der Waals surface area (Å²) in [4.78, 5) is 0. The Hall–Kier alpha value is -1.28. The third-order valence-electron chi connectivity index (χ3n) is 4.04. The van der Waals surface area contributed by atoms with E-state index >= 15 is 0 Å². The Kier molecular flexibility index (Phi) is 3.84. The van der Waals surface area contributed by atoms with Gasteiger partial charge < -0.3 is 5.32 Å². The number of anilines is 1. The van der Waals surface area contributed by atoms with E-state index in [1.807, 2.05) is 0 Å². The van der Waals surface area contributed by atoms with Gasteiger partial charge in [-0.2, -0.15) is 0 Å². The fourth-order valence-electron chi connectivity index (χ4n) is 2.59. The molecule has 3 rings (SSSR count). The molecule has 0 bridgehead atoms. The highest BCUT2D eigenvalue weighted by atomic mass is 79.9. The van der Waals surface area contributed by atoms with Crippen LogP contribution in [0.4, 0.5) is 5.69 Å². The number of nitrogens with one attached hydrogen (secondary N) is 1. The van der Waals surface area contributed by atoms with Crippen molar-refractivity contribution in [2.45, 2.75) is 32.7 Å². The second-order valence-corrected chi connectivity index (χ2v) is 6.75. The van der Waals surface area contributed by atoms with Gasteiger partial charge in [0.05, 0.1) is 6.04 Å². The van der Waals surface area contributed by atoms with E-state index in [9.17, 15) is 0 Å². The first-order chi connectivity index (χ1) is 9.63. The van der Waals surface area contributed by atoms with E-state index in [1.165, 1.54) is 35.2 Å². The summed E-state index contributed by atoms with van der Waals surface area (Å²) in [6.45, 7) is 4.30. The molecular weight excluding hydrogens is 310 g/mol. The first-order valence-corrected chi connectivity index (χ1v) is 8.02. The molecule has 1 atom stereocenters. The molecule has 0 radical (unpaired) electrons. The molecule has 2 aromatic rings. The summed E-state index contributed by atoms with van der Waals surface area (Å²) in [5, 5.41) is 3.76. The Morgan fingerprint density at radius 3 is 2.40 bits per heavy atom. The molecule has 1 unspecified atom stereocenters. The minimum Gasteiger partial charge on any atom is -0.378 e. The van der Waals surface area contributed by atoms with Crippen LogP contribution in [0.15, 0.2) is 46.9 Å². The summed E-state index contributed by atoms with van der Waals surface area (Å²) >= 11 is 3.56. The molecule has 1 saturated carbocycles. The zero-order chi connectivity index (χ0) is 14.1. The van der Waals surface area contributed by atoms with Crippen molar-refractivity contribution in [1.82, 2.24) is 0 Å². The van der Waals surface area contributed by atoms with Crippen molar-refractivity contribution < 1.29 is 0 Å². The Morgan fingerprint density at radius 2 is 1.75 bits per heavy atom. The Balaban J connectivity index is 1.88. The molecule has 1 aliphatic rings. The van der Waals surface area contributed by atoms with Gasteiger partial charge in [-0.25, -0.2) is 0 Å². The summed E-state index contributed by atoms with van der Waals surface area (Å²) in [7, 11) is 0. The lowest BCUT2D eigenvalue weighted by Crippen LogP contribution is -2.13. The first kappa shape index (κ1) is 13.7. The first-order valence-electron chi connectivity index (χ1n) is 7.23. The van der Waals surface area contributed by atoms with Gasteiger partial charge in [0, 0.05) is 10.2 Å². The summed E-state index contributed by atoms with van der Waals surface area (Å²) in [5.74, 6) is 0.774. The number of halogens is 1. The van der Waals surface area contributed by atoms with Gasteiger partial charge in [0.15, 0.2) is 0 Å². The Labute approximate surface area is 129 Å². The fraction of sp³-hybridized carbons (Fsp3) is 0.333. The summed E-state index contributed by atoms with van der Waals surface area (Å²) in [5.41, 5.74) is 5.25.